The molecule has 0 fully saturated rings. The number of pyridine rings is 1. The lowest BCUT2D eigenvalue weighted by Crippen LogP contribution is -2.03. The highest BCUT2D eigenvalue weighted by Crippen LogP contribution is 2.30. The van der Waals surface area contributed by atoms with E-state index < -0.39 is 0 Å². The predicted molar refractivity (Wildman–Crippen MR) is 105 cm³/mol. The van der Waals surface area contributed by atoms with Crippen LogP contribution in [0.25, 0.3) is 22.4 Å². The normalized spacial score (nSPS) is 12.9. The van der Waals surface area contributed by atoms with Crippen molar-refractivity contribution in [2.45, 2.75) is 52.9 Å². The van der Waals surface area contributed by atoms with Gasteiger partial charge in [0.05, 0.1) is 11.4 Å². The molecule has 26 heavy (non-hydrogen) atoms. The molecule has 3 heterocycles. The summed E-state index contributed by atoms with van der Waals surface area (Å²) in [4.78, 5) is 14.6. The molecular weight excluding hydrogens is 324 g/mol. The van der Waals surface area contributed by atoms with E-state index in [-0.39, 0.29) is 12.5 Å². The van der Waals surface area contributed by atoms with E-state index in [2.05, 4.69) is 32.9 Å². The number of aryl methyl sites for hydroxylation is 3. The number of aliphatic hydroxyl groups excluding tert-OH is 1. The Morgan fingerprint density at radius 3 is 2.46 bits per heavy atom. The summed E-state index contributed by atoms with van der Waals surface area (Å²) in [5.74, 6) is 0.441. The molecule has 0 aliphatic heterocycles. The quantitative estimate of drug-likeness (QED) is 0.750. The maximum absolute atomic E-state index is 9.53. The summed E-state index contributed by atoms with van der Waals surface area (Å²) >= 11 is 0. The molecule has 0 amide bonds. The summed E-state index contributed by atoms with van der Waals surface area (Å²) in [6.45, 7) is 10.5. The first kappa shape index (κ1) is 18.5. The Labute approximate surface area is 155 Å². The van der Waals surface area contributed by atoms with Gasteiger partial charge in [-0.15, -0.1) is 0 Å². The molecule has 0 saturated heterocycles. The van der Waals surface area contributed by atoms with E-state index in [4.69, 9.17) is 15.0 Å². The third-order valence-electron chi connectivity index (χ3n) is 4.97. The Morgan fingerprint density at radius 1 is 1.12 bits per heavy atom. The van der Waals surface area contributed by atoms with Crippen molar-refractivity contribution in [1.82, 2.24) is 19.5 Å². The number of aromatic nitrogens is 4. The van der Waals surface area contributed by atoms with Crippen LogP contribution in [0.4, 0.5) is 0 Å². The second kappa shape index (κ2) is 7.16. The molecule has 3 rings (SSSR count). The third kappa shape index (κ3) is 3.12. The lowest BCUT2D eigenvalue weighted by Gasteiger charge is -2.13. The molecule has 0 bridgehead atoms. The summed E-state index contributed by atoms with van der Waals surface area (Å²) in [5.41, 5.74) is 7.76. The van der Waals surface area contributed by atoms with Crippen molar-refractivity contribution in [3.05, 3.63) is 41.0 Å². The van der Waals surface area contributed by atoms with Gasteiger partial charge in [-0.05, 0) is 31.4 Å². The fraction of sp³-hybridized carbons (Fsp3) is 0.476. The Balaban J connectivity index is 2.21. The SMILES string of the molecule is CCc1nc(C(C)C)ccc1-c1nc2c(nc1C)c([C@@H](C)CO)cn2C. The first-order valence-electron chi connectivity index (χ1n) is 9.31. The minimum Gasteiger partial charge on any atom is -0.396 e. The van der Waals surface area contributed by atoms with E-state index in [1.807, 2.05) is 31.7 Å². The van der Waals surface area contributed by atoms with Crippen LogP contribution in [0, 0.1) is 6.92 Å². The number of fused-ring (bicyclic) bond motifs is 1. The van der Waals surface area contributed by atoms with Gasteiger partial charge in [0, 0.05) is 48.3 Å². The van der Waals surface area contributed by atoms with Gasteiger partial charge in [0.15, 0.2) is 5.65 Å². The number of rotatable bonds is 5. The minimum atomic E-state index is 0.0384. The maximum Gasteiger partial charge on any atom is 0.159 e. The molecule has 0 saturated carbocycles. The highest BCUT2D eigenvalue weighted by atomic mass is 16.3. The molecule has 0 aromatic carbocycles. The first-order chi connectivity index (χ1) is 12.4. The molecule has 1 atom stereocenters. The fourth-order valence-electron chi connectivity index (χ4n) is 3.32. The van der Waals surface area contributed by atoms with Crippen LogP contribution in [0.1, 0.15) is 62.2 Å². The second-order valence-electron chi connectivity index (χ2n) is 7.35. The topological polar surface area (TPSA) is 63.8 Å². The van der Waals surface area contributed by atoms with E-state index >= 15 is 0 Å². The summed E-state index contributed by atoms with van der Waals surface area (Å²) in [6.07, 6.45) is 2.88. The molecule has 3 aromatic rings. The van der Waals surface area contributed by atoms with Gasteiger partial charge in [0.25, 0.3) is 0 Å². The van der Waals surface area contributed by atoms with E-state index in [1.54, 1.807) is 0 Å². The highest BCUT2D eigenvalue weighted by molar-refractivity contribution is 5.80. The van der Waals surface area contributed by atoms with Crippen molar-refractivity contribution in [2.75, 3.05) is 6.61 Å². The van der Waals surface area contributed by atoms with Crippen LogP contribution in [0.2, 0.25) is 0 Å². The molecule has 5 nitrogen and oxygen atoms in total. The standard InChI is InChI=1S/C21H28N4O/c1-7-17-15(8-9-18(23-17)12(2)3)19-14(5)22-20-16(13(4)11-26)10-25(6)21(20)24-19/h8-10,12-13,26H,7,11H2,1-6H3/t13-/m0/s1. The summed E-state index contributed by atoms with van der Waals surface area (Å²) in [7, 11) is 1.98. The zero-order valence-corrected chi connectivity index (χ0v) is 16.5. The van der Waals surface area contributed by atoms with Gasteiger partial charge in [-0.25, -0.2) is 9.97 Å². The molecular formula is C21H28N4O. The van der Waals surface area contributed by atoms with E-state index in [9.17, 15) is 5.11 Å². The number of hydrogen-bond donors (Lipinski definition) is 1. The maximum atomic E-state index is 9.53. The van der Waals surface area contributed by atoms with Crippen LogP contribution in [0.15, 0.2) is 18.3 Å². The minimum absolute atomic E-state index is 0.0384. The average Bonchev–Trinajstić information content (AvgIpc) is 2.95. The van der Waals surface area contributed by atoms with Crippen LogP contribution in [0.3, 0.4) is 0 Å². The Bertz CT molecular complexity index is 943. The second-order valence-corrected chi connectivity index (χ2v) is 7.35. The van der Waals surface area contributed by atoms with E-state index in [0.717, 1.165) is 51.5 Å². The van der Waals surface area contributed by atoms with Gasteiger partial charge < -0.3 is 9.67 Å². The van der Waals surface area contributed by atoms with Crippen molar-refractivity contribution < 1.29 is 5.11 Å². The molecule has 3 aromatic heterocycles. The third-order valence-corrected chi connectivity index (χ3v) is 4.97. The zero-order valence-electron chi connectivity index (χ0n) is 16.5. The van der Waals surface area contributed by atoms with Crippen molar-refractivity contribution >= 4 is 11.2 Å². The van der Waals surface area contributed by atoms with Gasteiger partial charge >= 0.3 is 0 Å². The highest BCUT2D eigenvalue weighted by Gasteiger charge is 2.19. The molecule has 0 aliphatic carbocycles. The van der Waals surface area contributed by atoms with E-state index in [0.29, 0.717) is 5.92 Å². The molecule has 0 spiro atoms. The van der Waals surface area contributed by atoms with Crippen molar-refractivity contribution in [3.8, 4) is 11.3 Å². The van der Waals surface area contributed by atoms with Crippen LogP contribution >= 0.6 is 0 Å². The predicted octanol–water partition coefficient (Wildman–Crippen LogP) is 4.12. The van der Waals surface area contributed by atoms with Gasteiger partial charge in [-0.2, -0.15) is 0 Å². The molecule has 0 aliphatic rings. The van der Waals surface area contributed by atoms with E-state index in [1.165, 1.54) is 0 Å². The molecule has 138 valence electrons. The van der Waals surface area contributed by atoms with Crippen LogP contribution in [-0.4, -0.2) is 31.2 Å². The van der Waals surface area contributed by atoms with Crippen molar-refractivity contribution in [2.24, 2.45) is 7.05 Å². The monoisotopic (exact) mass is 352 g/mol. The first-order valence-corrected chi connectivity index (χ1v) is 9.31. The fourth-order valence-corrected chi connectivity index (χ4v) is 3.32. The Hall–Kier alpha value is -2.27. The lowest BCUT2D eigenvalue weighted by molar-refractivity contribution is 0.273. The summed E-state index contributed by atoms with van der Waals surface area (Å²) in [6, 6.07) is 4.22. The molecule has 0 radical (unpaired) electrons. The summed E-state index contributed by atoms with van der Waals surface area (Å²) < 4.78 is 1.99. The smallest absolute Gasteiger partial charge is 0.159 e. The van der Waals surface area contributed by atoms with Crippen LogP contribution in [0.5, 0.6) is 0 Å². The number of hydrogen-bond acceptors (Lipinski definition) is 4. The molecule has 0 unspecified atom stereocenters. The van der Waals surface area contributed by atoms with Gasteiger partial charge in [0.2, 0.25) is 0 Å². The van der Waals surface area contributed by atoms with Crippen LogP contribution < -0.4 is 0 Å². The van der Waals surface area contributed by atoms with Gasteiger partial charge in [-0.1, -0.05) is 27.7 Å². The average molecular weight is 352 g/mol. The van der Waals surface area contributed by atoms with Gasteiger partial charge in [0.1, 0.15) is 5.52 Å². The number of aliphatic hydroxyl groups is 1. The molecule has 1 N–H and O–H groups in total. The Kier molecular flexibility index (Phi) is 5.10. The van der Waals surface area contributed by atoms with Crippen molar-refractivity contribution in [3.63, 3.8) is 0 Å². The largest absolute Gasteiger partial charge is 0.396 e. The van der Waals surface area contributed by atoms with Crippen molar-refractivity contribution in [1.29, 1.82) is 0 Å². The number of nitrogens with zero attached hydrogens (tertiary/aromatic N) is 4. The zero-order chi connectivity index (χ0) is 19.0. The lowest BCUT2D eigenvalue weighted by atomic mass is 10.0. The Morgan fingerprint density at radius 2 is 1.85 bits per heavy atom. The summed E-state index contributed by atoms with van der Waals surface area (Å²) in [5, 5.41) is 9.53. The molecule has 5 heteroatoms. The van der Waals surface area contributed by atoms with Crippen LogP contribution in [-0.2, 0) is 13.5 Å². The van der Waals surface area contributed by atoms with Gasteiger partial charge in [-0.3, -0.25) is 4.98 Å².